The summed E-state index contributed by atoms with van der Waals surface area (Å²) in [7, 11) is 9.33. The third-order valence-corrected chi connectivity index (χ3v) is 20.9. The van der Waals surface area contributed by atoms with Crippen LogP contribution in [0.2, 0.25) is 0 Å². The molecule has 21 nitrogen and oxygen atoms in total. The molecule has 3 aromatic heterocycles. The summed E-state index contributed by atoms with van der Waals surface area (Å²) < 4.78 is 92.5. The van der Waals surface area contributed by atoms with Crippen molar-refractivity contribution in [3.63, 3.8) is 0 Å². The van der Waals surface area contributed by atoms with Gasteiger partial charge in [0.2, 0.25) is 0 Å². The van der Waals surface area contributed by atoms with Crippen LogP contribution in [0.3, 0.4) is 0 Å². The average Bonchev–Trinajstić information content (AvgIpc) is 1.53. The summed E-state index contributed by atoms with van der Waals surface area (Å²) in [6, 6.07) is 71.1. The smallest absolute Gasteiger partial charge is 0.343 e. The van der Waals surface area contributed by atoms with Gasteiger partial charge >= 0.3 is 35.8 Å². The summed E-state index contributed by atoms with van der Waals surface area (Å²) in [6.07, 6.45) is 0. The first-order valence-corrected chi connectivity index (χ1v) is 36.6. The lowest BCUT2D eigenvalue weighted by Crippen LogP contribution is -2.12. The zero-order valence-corrected chi connectivity index (χ0v) is 62.8. The van der Waals surface area contributed by atoms with Gasteiger partial charge in [0.15, 0.2) is 51.2 Å². The summed E-state index contributed by atoms with van der Waals surface area (Å²) in [5, 5.41) is 10.1. The molecule has 0 aliphatic heterocycles. The molecule has 117 heavy (non-hydrogen) atoms. The Morgan fingerprint density at radius 2 is 0.376 bits per heavy atom. The van der Waals surface area contributed by atoms with Crippen LogP contribution in [0.1, 0.15) is 62.1 Å². The second-order valence-corrected chi connectivity index (χ2v) is 27.7. The van der Waals surface area contributed by atoms with E-state index >= 15 is 0 Å². The van der Waals surface area contributed by atoms with Crippen molar-refractivity contribution in [3.8, 4) is 69.0 Å². The molecule has 0 aliphatic rings. The molecule has 21 heteroatoms. The van der Waals surface area contributed by atoms with E-state index in [-0.39, 0.29) is 134 Å². The lowest BCUT2D eigenvalue weighted by Gasteiger charge is -2.12. The number of benzene rings is 16. The molecular formula is C96H60O21. The first-order chi connectivity index (χ1) is 57.0. The Hall–Kier alpha value is -15.9. The third kappa shape index (κ3) is 13.0. The van der Waals surface area contributed by atoms with E-state index in [1.807, 2.05) is 36.4 Å². The predicted octanol–water partition coefficient (Wildman–Crippen LogP) is 21.7. The highest BCUT2D eigenvalue weighted by atomic mass is 16.6. The highest BCUT2D eigenvalue weighted by molar-refractivity contribution is 6.37. The van der Waals surface area contributed by atoms with Crippen LogP contribution in [0.15, 0.2) is 268 Å². The van der Waals surface area contributed by atoms with Crippen molar-refractivity contribution in [2.75, 3.05) is 42.7 Å². The molecule has 0 saturated heterocycles. The minimum Gasteiger partial charge on any atom is -0.497 e. The van der Waals surface area contributed by atoms with Gasteiger partial charge in [0, 0.05) is 34.4 Å². The largest absolute Gasteiger partial charge is 0.497 e. The quantitative estimate of drug-likeness (QED) is 0.0571. The number of ether oxygens (including phenoxy) is 12. The number of furan rings is 3. The summed E-state index contributed by atoms with van der Waals surface area (Å²) in [4.78, 5) is 89.1. The minimum absolute atomic E-state index is 0.0477. The van der Waals surface area contributed by atoms with Gasteiger partial charge in [-0.15, -0.1) is 0 Å². The van der Waals surface area contributed by atoms with Crippen LogP contribution in [0.25, 0.3) is 130 Å². The standard InChI is InChI=1S/C96H60O21/c1-103-67-26-20-50-31-60(14-8-55(50)37-67)91(97)112-79-43-73-76(46-82(79)115-93(99)62-16-10-57-39-69(105-3)28-22-52(57)33-62)109-88-85-74-44-80(113-92(98)61-15-9-56-38-68(104-2)27-21-51(56)32-61)83(116-94(100)63-17-11-58-40-70(106-4)29-23-53(58)34-63)47-77(74)110-89(85)87-75-45-81(114-96(102)65-13-7-49-19-25-72(108-6)42-66(49)36-65)84(48-78(75)111-90(87)86(73)88)117-95(101)64-18-12-59-41-71(107-5)30-24-54(59)35-64/h7-48H,1-6H3. The van der Waals surface area contributed by atoms with E-state index in [9.17, 15) is 28.8 Å². The summed E-state index contributed by atoms with van der Waals surface area (Å²) in [6.45, 7) is 0. The van der Waals surface area contributed by atoms with E-state index in [4.69, 9.17) is 70.1 Å². The van der Waals surface area contributed by atoms with Crippen LogP contribution in [-0.2, 0) is 0 Å². The molecule has 0 spiro atoms. The molecule has 0 unspecified atom stereocenters. The number of carbonyl (C=O) groups excluding carboxylic acids is 6. The van der Waals surface area contributed by atoms with Crippen LogP contribution < -0.4 is 56.8 Å². The van der Waals surface area contributed by atoms with Gasteiger partial charge in [-0.25, -0.2) is 28.8 Å². The molecule has 16 aromatic carbocycles. The van der Waals surface area contributed by atoms with Crippen LogP contribution in [0.4, 0.5) is 0 Å². The van der Waals surface area contributed by atoms with E-state index in [0.29, 0.717) is 66.8 Å². The fraction of sp³-hybridized carbons (Fsp3) is 0.0625. The van der Waals surface area contributed by atoms with Gasteiger partial charge in [0.1, 0.15) is 51.2 Å². The van der Waals surface area contributed by atoms with Crippen LogP contribution in [-0.4, -0.2) is 78.5 Å². The first kappa shape index (κ1) is 71.4. The molecule has 3 heterocycles. The minimum atomic E-state index is -0.846. The number of hydrogen-bond acceptors (Lipinski definition) is 21. The van der Waals surface area contributed by atoms with Gasteiger partial charge in [-0.3, -0.25) is 0 Å². The van der Waals surface area contributed by atoms with Gasteiger partial charge in [0.25, 0.3) is 0 Å². The van der Waals surface area contributed by atoms with Crippen molar-refractivity contribution in [1.82, 2.24) is 0 Å². The molecule has 0 N–H and O–H groups in total. The Morgan fingerprint density at radius 3 is 0.607 bits per heavy atom. The number of rotatable bonds is 18. The number of hydrogen-bond donors (Lipinski definition) is 0. The molecule has 19 aromatic rings. The van der Waals surface area contributed by atoms with Gasteiger partial charge in [-0.1, -0.05) is 72.8 Å². The monoisotopic (exact) mass is 1550 g/mol. The Bertz CT molecular complexity index is 7220. The summed E-state index contributed by atoms with van der Waals surface area (Å²) >= 11 is 0. The molecule has 0 amide bonds. The molecule has 570 valence electrons. The lowest BCUT2D eigenvalue weighted by atomic mass is 10.0. The maximum absolute atomic E-state index is 14.9. The molecule has 0 radical (unpaired) electrons. The number of methoxy groups -OCH3 is 6. The van der Waals surface area contributed by atoms with Crippen molar-refractivity contribution in [1.29, 1.82) is 0 Å². The van der Waals surface area contributed by atoms with E-state index in [1.54, 1.807) is 218 Å². The highest BCUT2D eigenvalue weighted by Crippen LogP contribution is 2.53. The zero-order valence-electron chi connectivity index (χ0n) is 62.8. The SMILES string of the molecule is COc1ccc2cc(C(=O)Oc3cc4oc5c(c4cc3OC(=O)c3ccc4cc(OC)ccc4c3)c3oc4cc(OC(=O)c6ccc7cc(OC)ccc7c6)c(OC(=O)c6ccc7cc(OC)ccc7c6)cc4c3c3oc4cc(OC(=O)c6ccc7cc(OC)ccc7c6)c(OC(=O)c6ccc7ccc(OC)cc7c6)cc4c53)ccc2c1. The molecule has 19 rings (SSSR count). The first-order valence-electron chi connectivity index (χ1n) is 36.6. The van der Waals surface area contributed by atoms with Crippen molar-refractivity contribution in [2.45, 2.75) is 0 Å². The van der Waals surface area contributed by atoms with Crippen LogP contribution in [0.5, 0.6) is 69.0 Å². The van der Waals surface area contributed by atoms with E-state index in [2.05, 4.69) is 0 Å². The van der Waals surface area contributed by atoms with Crippen molar-refractivity contribution in [3.05, 3.63) is 288 Å². The Balaban J connectivity index is 0.844. The number of fused-ring (bicyclic) bond motifs is 18. The van der Waals surface area contributed by atoms with Gasteiger partial charge in [0.05, 0.1) is 92.2 Å². The van der Waals surface area contributed by atoms with Gasteiger partial charge in [-0.05, 0) is 228 Å². The van der Waals surface area contributed by atoms with E-state index in [0.717, 1.165) is 32.3 Å². The van der Waals surface area contributed by atoms with Gasteiger partial charge in [-0.2, -0.15) is 0 Å². The third-order valence-electron chi connectivity index (χ3n) is 20.9. The van der Waals surface area contributed by atoms with Crippen molar-refractivity contribution in [2.24, 2.45) is 0 Å². The van der Waals surface area contributed by atoms with Crippen LogP contribution in [0, 0.1) is 0 Å². The summed E-state index contributed by atoms with van der Waals surface area (Å²) in [5.41, 5.74) is 1.13. The van der Waals surface area contributed by atoms with Crippen molar-refractivity contribution < 1.29 is 98.9 Å². The zero-order chi connectivity index (χ0) is 80.0. The molecule has 0 fully saturated rings. The topological polar surface area (TPSA) is 253 Å². The Kier molecular flexibility index (Phi) is 17.5. The van der Waals surface area contributed by atoms with E-state index < -0.39 is 35.8 Å². The number of carbonyl (C=O) groups is 6. The summed E-state index contributed by atoms with van der Waals surface area (Å²) in [5.74, 6) is -2.90. The number of esters is 6. The average molecular weight is 1550 g/mol. The molecule has 0 bridgehead atoms. The molecule has 0 aliphatic carbocycles. The molecular weight excluding hydrogens is 1490 g/mol. The fourth-order valence-corrected chi connectivity index (χ4v) is 14.8. The molecule has 0 atom stereocenters. The van der Waals surface area contributed by atoms with Gasteiger partial charge < -0.3 is 70.1 Å². The fourth-order valence-electron chi connectivity index (χ4n) is 14.8. The Labute approximate surface area is 661 Å². The Morgan fingerprint density at radius 1 is 0.197 bits per heavy atom. The highest BCUT2D eigenvalue weighted by Gasteiger charge is 2.32. The maximum atomic E-state index is 14.9. The predicted molar refractivity (Wildman–Crippen MR) is 441 cm³/mol. The second-order valence-electron chi connectivity index (χ2n) is 27.7. The molecule has 0 saturated carbocycles. The van der Waals surface area contributed by atoms with Crippen molar-refractivity contribution >= 4 is 166 Å². The normalized spacial score (nSPS) is 11.5. The van der Waals surface area contributed by atoms with E-state index in [1.165, 1.54) is 43.5 Å². The van der Waals surface area contributed by atoms with Crippen LogP contribution >= 0.6 is 0 Å². The lowest BCUT2D eigenvalue weighted by molar-refractivity contribution is 0.0683. The maximum Gasteiger partial charge on any atom is 0.343 e. The second kappa shape index (κ2) is 28.7.